The lowest BCUT2D eigenvalue weighted by Gasteiger charge is -2.39. The third-order valence-electron chi connectivity index (χ3n) is 5.26. The molecule has 0 aliphatic heterocycles. The molecule has 0 atom stereocenters. The molecule has 1 saturated carbocycles. The highest BCUT2D eigenvalue weighted by Gasteiger charge is 2.36. The van der Waals surface area contributed by atoms with Crippen molar-refractivity contribution < 1.29 is 31.2 Å². The van der Waals surface area contributed by atoms with Crippen molar-refractivity contribution >= 4 is 11.9 Å². The smallest absolute Gasteiger partial charge is 0.362 e. The molecule has 0 saturated heterocycles. The highest BCUT2D eigenvalue weighted by atomic mass is 35.5. The number of likely N-dealkylation sites (N-methyl/N-ethyl adjacent to an activating group) is 1. The van der Waals surface area contributed by atoms with Gasteiger partial charge in [0.2, 0.25) is 5.91 Å². The zero-order chi connectivity index (χ0) is 18.4. The first-order valence-electron chi connectivity index (χ1n) is 9.31. The molecule has 1 aliphatic carbocycles. The van der Waals surface area contributed by atoms with E-state index < -0.39 is 0 Å². The Morgan fingerprint density at radius 1 is 1.24 bits per heavy atom. The van der Waals surface area contributed by atoms with Gasteiger partial charge in [0, 0.05) is 19.9 Å². The molecule has 6 heteroatoms. The molecule has 1 fully saturated rings. The quantitative estimate of drug-likeness (QED) is 0.361. The first kappa shape index (κ1) is 24.2. The van der Waals surface area contributed by atoms with Crippen molar-refractivity contribution in [2.75, 3.05) is 33.7 Å². The molecule has 5 nitrogen and oxygen atoms in total. The Labute approximate surface area is 159 Å². The number of carbonyl (C=O) groups is 2. The highest BCUT2D eigenvalue weighted by Crippen LogP contribution is 2.37. The largest absolute Gasteiger partial charge is 1.00 e. The summed E-state index contributed by atoms with van der Waals surface area (Å²) >= 11 is 0. The van der Waals surface area contributed by atoms with Crippen molar-refractivity contribution in [1.29, 1.82) is 0 Å². The van der Waals surface area contributed by atoms with Gasteiger partial charge in [-0.25, -0.2) is 4.79 Å². The van der Waals surface area contributed by atoms with Gasteiger partial charge in [0.05, 0.1) is 20.6 Å². The summed E-state index contributed by atoms with van der Waals surface area (Å²) in [4.78, 5) is 23.3. The molecule has 25 heavy (non-hydrogen) atoms. The SMILES string of the molecule is CC(=O)NCCC[N+](C)(C)CC(=O)OC1(C)CCC(C(C)C)CC1.[Cl-]. The fourth-order valence-corrected chi connectivity index (χ4v) is 3.53. The third kappa shape index (κ3) is 9.45. The van der Waals surface area contributed by atoms with Gasteiger partial charge in [0.15, 0.2) is 6.54 Å². The lowest BCUT2D eigenvalue weighted by Crippen LogP contribution is -3.00. The average Bonchev–Trinajstić information content (AvgIpc) is 2.42. The van der Waals surface area contributed by atoms with Crippen LogP contribution in [-0.2, 0) is 14.3 Å². The Morgan fingerprint density at radius 3 is 2.28 bits per heavy atom. The van der Waals surface area contributed by atoms with Crippen molar-refractivity contribution in [2.24, 2.45) is 11.8 Å². The predicted molar refractivity (Wildman–Crippen MR) is 96.4 cm³/mol. The number of quaternary nitrogens is 1. The topological polar surface area (TPSA) is 55.4 Å². The summed E-state index contributed by atoms with van der Waals surface area (Å²) in [6.07, 6.45) is 5.09. The Morgan fingerprint density at radius 2 is 1.80 bits per heavy atom. The van der Waals surface area contributed by atoms with E-state index in [2.05, 4.69) is 26.1 Å². The van der Waals surface area contributed by atoms with Crippen LogP contribution in [0.2, 0.25) is 0 Å². The molecule has 0 heterocycles. The minimum Gasteiger partial charge on any atom is -1.00 e. The summed E-state index contributed by atoms with van der Waals surface area (Å²) in [6.45, 7) is 10.0. The molecule has 1 N–H and O–H groups in total. The first-order chi connectivity index (χ1) is 11.0. The van der Waals surface area contributed by atoms with E-state index in [0.29, 0.717) is 23.5 Å². The number of halogens is 1. The maximum absolute atomic E-state index is 12.4. The van der Waals surface area contributed by atoms with E-state index in [9.17, 15) is 9.59 Å². The molecule has 1 aliphatic rings. The van der Waals surface area contributed by atoms with E-state index in [4.69, 9.17) is 4.74 Å². The molecule has 0 spiro atoms. The van der Waals surface area contributed by atoms with Crippen LogP contribution in [0.1, 0.15) is 59.8 Å². The Hall–Kier alpha value is -0.810. The average molecular weight is 377 g/mol. The first-order valence-corrected chi connectivity index (χ1v) is 9.31. The van der Waals surface area contributed by atoms with E-state index in [-0.39, 0.29) is 29.9 Å². The number of amides is 1. The maximum atomic E-state index is 12.4. The van der Waals surface area contributed by atoms with Crippen LogP contribution in [0.15, 0.2) is 0 Å². The monoisotopic (exact) mass is 376 g/mol. The molecule has 148 valence electrons. The van der Waals surface area contributed by atoms with Gasteiger partial charge < -0.3 is 26.9 Å². The molecule has 0 unspecified atom stereocenters. The van der Waals surface area contributed by atoms with Crippen LogP contribution in [0.3, 0.4) is 0 Å². The van der Waals surface area contributed by atoms with Gasteiger partial charge in [-0.2, -0.15) is 0 Å². The molecule has 0 aromatic heterocycles. The van der Waals surface area contributed by atoms with Gasteiger partial charge in [-0.05, 0) is 44.4 Å². The van der Waals surface area contributed by atoms with Gasteiger partial charge in [-0.1, -0.05) is 13.8 Å². The molecule has 0 radical (unpaired) electrons. The number of hydrogen-bond acceptors (Lipinski definition) is 3. The van der Waals surface area contributed by atoms with Crippen LogP contribution in [0.25, 0.3) is 0 Å². The van der Waals surface area contributed by atoms with E-state index in [1.54, 1.807) is 0 Å². The van der Waals surface area contributed by atoms with Crippen LogP contribution in [0.5, 0.6) is 0 Å². The number of carbonyl (C=O) groups excluding carboxylic acids is 2. The highest BCUT2D eigenvalue weighted by molar-refractivity contribution is 5.72. The minimum atomic E-state index is -0.293. The number of nitrogens with one attached hydrogen (secondary N) is 1. The minimum absolute atomic E-state index is 0. The van der Waals surface area contributed by atoms with E-state index in [1.165, 1.54) is 6.92 Å². The van der Waals surface area contributed by atoms with Crippen LogP contribution < -0.4 is 17.7 Å². The Bertz CT molecular complexity index is 430. The second kappa shape index (κ2) is 10.4. The van der Waals surface area contributed by atoms with E-state index >= 15 is 0 Å². The number of hydrogen-bond donors (Lipinski definition) is 1. The van der Waals surface area contributed by atoms with E-state index in [1.807, 2.05) is 14.1 Å². The molecular weight excluding hydrogens is 340 g/mol. The molecule has 0 bridgehead atoms. The van der Waals surface area contributed by atoms with Gasteiger partial charge in [0.1, 0.15) is 5.60 Å². The van der Waals surface area contributed by atoms with Crippen LogP contribution >= 0.6 is 0 Å². The number of ether oxygens (including phenoxy) is 1. The fourth-order valence-electron chi connectivity index (χ4n) is 3.53. The molecular formula is C19H37ClN2O3. The van der Waals surface area contributed by atoms with Crippen LogP contribution in [0, 0.1) is 11.8 Å². The van der Waals surface area contributed by atoms with Gasteiger partial charge >= 0.3 is 5.97 Å². The van der Waals surface area contributed by atoms with Crippen LogP contribution in [0.4, 0.5) is 0 Å². The standard InChI is InChI=1S/C19H36N2O3.ClH/c1-15(2)17-8-10-19(4,11-9-17)24-18(23)14-21(5,6)13-7-12-20-16(3)22;/h15,17H,7-14H2,1-6H3;1H. The summed E-state index contributed by atoms with van der Waals surface area (Å²) in [7, 11) is 4.07. The molecule has 0 aromatic carbocycles. The summed E-state index contributed by atoms with van der Waals surface area (Å²) in [6, 6.07) is 0. The van der Waals surface area contributed by atoms with Crippen molar-refractivity contribution in [3.63, 3.8) is 0 Å². The van der Waals surface area contributed by atoms with Crippen LogP contribution in [-0.4, -0.2) is 55.7 Å². The van der Waals surface area contributed by atoms with Gasteiger partial charge in [0.25, 0.3) is 0 Å². The summed E-state index contributed by atoms with van der Waals surface area (Å²) < 4.78 is 6.45. The molecule has 1 amide bonds. The Kier molecular flexibility index (Phi) is 10.0. The Balaban J connectivity index is 0.00000576. The van der Waals surface area contributed by atoms with Gasteiger partial charge in [-0.3, -0.25) is 4.79 Å². The van der Waals surface area contributed by atoms with Crippen molar-refractivity contribution in [3.8, 4) is 0 Å². The summed E-state index contributed by atoms with van der Waals surface area (Å²) in [5.74, 6) is 1.36. The zero-order valence-corrected chi connectivity index (χ0v) is 17.6. The zero-order valence-electron chi connectivity index (χ0n) is 16.9. The second-order valence-electron chi connectivity index (χ2n) is 8.66. The van der Waals surface area contributed by atoms with Crippen molar-refractivity contribution in [3.05, 3.63) is 0 Å². The number of rotatable bonds is 8. The summed E-state index contributed by atoms with van der Waals surface area (Å²) in [5.41, 5.74) is -0.293. The normalized spacial score (nSPS) is 23.7. The summed E-state index contributed by atoms with van der Waals surface area (Å²) in [5, 5.41) is 2.79. The van der Waals surface area contributed by atoms with E-state index in [0.717, 1.165) is 44.6 Å². The fraction of sp³-hybridized carbons (Fsp3) is 0.895. The third-order valence-corrected chi connectivity index (χ3v) is 5.26. The maximum Gasteiger partial charge on any atom is 0.362 e. The lowest BCUT2D eigenvalue weighted by atomic mass is 9.75. The number of esters is 1. The van der Waals surface area contributed by atoms with Gasteiger partial charge in [-0.15, -0.1) is 0 Å². The molecule has 0 aromatic rings. The molecule has 1 rings (SSSR count). The number of nitrogens with zero attached hydrogens (tertiary/aromatic N) is 1. The van der Waals surface area contributed by atoms with Crippen molar-refractivity contribution in [2.45, 2.75) is 65.4 Å². The lowest BCUT2D eigenvalue weighted by molar-refractivity contribution is -0.883. The second-order valence-corrected chi connectivity index (χ2v) is 8.66. The van der Waals surface area contributed by atoms with Crippen molar-refractivity contribution in [1.82, 2.24) is 5.32 Å². The predicted octanol–water partition coefficient (Wildman–Crippen LogP) is -0.259.